The molecule has 252 valence electrons. The van der Waals surface area contributed by atoms with Crippen molar-refractivity contribution in [1.82, 2.24) is 4.98 Å². The zero-order chi connectivity index (χ0) is 34.6. The molecule has 0 saturated carbocycles. The van der Waals surface area contributed by atoms with Crippen molar-refractivity contribution in [3.63, 3.8) is 0 Å². The summed E-state index contributed by atoms with van der Waals surface area (Å²) in [6.07, 6.45) is 1.72. The first kappa shape index (κ1) is 35.0. The van der Waals surface area contributed by atoms with Crippen LogP contribution in [0.1, 0.15) is 52.8 Å². The summed E-state index contributed by atoms with van der Waals surface area (Å²) in [7, 11) is -7.27. The maximum Gasteiger partial charge on any atom is 0.307 e. The number of aryl methyl sites for hydroxylation is 1. The number of hydrogen-bond donors (Lipinski definition) is 0. The van der Waals surface area contributed by atoms with E-state index in [9.17, 15) is 8.42 Å². The Hall–Kier alpha value is -4.31. The molecule has 0 spiro atoms. The van der Waals surface area contributed by atoms with Crippen LogP contribution in [-0.2, 0) is 20.4 Å². The summed E-state index contributed by atoms with van der Waals surface area (Å²) in [6.45, 7) is 14.0. The molecule has 0 amide bonds. The molecule has 0 bridgehead atoms. The number of benzene rings is 4. The van der Waals surface area contributed by atoms with Crippen molar-refractivity contribution in [2.75, 3.05) is 0 Å². The van der Waals surface area contributed by atoms with Gasteiger partial charge in [0, 0.05) is 20.9 Å². The summed E-state index contributed by atoms with van der Waals surface area (Å²) >= 11 is 0. The quantitative estimate of drug-likeness (QED) is 0.137. The Labute approximate surface area is 286 Å². The third-order valence-corrected chi connectivity index (χ3v) is 12.1. The van der Waals surface area contributed by atoms with Crippen LogP contribution in [0.3, 0.4) is 0 Å². The van der Waals surface area contributed by atoms with Gasteiger partial charge in [-0.15, -0.1) is 0 Å². The lowest BCUT2D eigenvalue weighted by Gasteiger charge is -2.39. The van der Waals surface area contributed by atoms with E-state index in [4.69, 9.17) is 17.8 Å². The molecule has 1 heterocycles. The van der Waals surface area contributed by atoms with Gasteiger partial charge < -0.3 is 14.2 Å². The summed E-state index contributed by atoms with van der Waals surface area (Å²) < 4.78 is 53.6. The smallest absolute Gasteiger partial charge is 0.307 e. The minimum atomic E-state index is -4.30. The van der Waals surface area contributed by atoms with Gasteiger partial charge in [0.1, 0.15) is 35.1 Å². The van der Waals surface area contributed by atoms with E-state index in [1.165, 1.54) is 0 Å². The Kier molecular flexibility index (Phi) is 10.2. The van der Waals surface area contributed by atoms with E-state index < -0.39 is 31.6 Å². The monoisotopic (exact) mass is 685 g/mol. The number of hydrogen-bond acceptors (Lipinski definition) is 7. The largest absolute Gasteiger partial charge is 0.488 e. The van der Waals surface area contributed by atoms with Gasteiger partial charge in [-0.2, -0.15) is 8.42 Å². The fourth-order valence-corrected chi connectivity index (χ4v) is 10.1. The SMILES string of the molecule is Cc1ccc(S(=O)(=O)OS(c2ccc(OC(C)(C)C)cc2)(c2ccc(OC(C)(C)C)cc2)c2cccc(OCc3ccccn3)c2)cc1. The number of pyridine rings is 1. The first-order valence-electron chi connectivity index (χ1n) is 15.7. The van der Waals surface area contributed by atoms with Crippen molar-refractivity contribution in [2.45, 2.75) is 85.9 Å². The van der Waals surface area contributed by atoms with Crippen LogP contribution in [0.5, 0.6) is 17.2 Å². The van der Waals surface area contributed by atoms with Crippen LogP contribution in [-0.4, -0.2) is 24.6 Å². The van der Waals surface area contributed by atoms with E-state index in [0.717, 1.165) is 11.3 Å². The zero-order valence-electron chi connectivity index (χ0n) is 28.5. The van der Waals surface area contributed by atoms with Crippen molar-refractivity contribution >= 4 is 20.4 Å². The van der Waals surface area contributed by atoms with Crippen molar-refractivity contribution in [1.29, 1.82) is 0 Å². The van der Waals surface area contributed by atoms with E-state index in [1.807, 2.05) is 139 Å². The predicted octanol–water partition coefficient (Wildman–Crippen LogP) is 9.93. The number of rotatable bonds is 11. The molecule has 0 saturated heterocycles. The predicted molar refractivity (Wildman–Crippen MR) is 190 cm³/mol. The van der Waals surface area contributed by atoms with Crippen LogP contribution in [0, 0.1) is 6.92 Å². The summed E-state index contributed by atoms with van der Waals surface area (Å²) in [5, 5.41) is 0. The minimum Gasteiger partial charge on any atom is -0.488 e. The van der Waals surface area contributed by atoms with Crippen LogP contribution < -0.4 is 14.2 Å². The third kappa shape index (κ3) is 8.78. The maximum atomic E-state index is 14.3. The molecular weight excluding hydrogens is 643 g/mol. The van der Waals surface area contributed by atoms with E-state index >= 15 is 0 Å². The van der Waals surface area contributed by atoms with Gasteiger partial charge in [0.15, 0.2) is 0 Å². The highest BCUT2D eigenvalue weighted by Gasteiger charge is 2.39. The Balaban J connectivity index is 1.71. The van der Waals surface area contributed by atoms with E-state index in [-0.39, 0.29) is 11.5 Å². The molecule has 0 radical (unpaired) electrons. The first-order valence-corrected chi connectivity index (χ1v) is 18.7. The number of nitrogens with zero attached hydrogens (tertiary/aromatic N) is 1. The molecule has 0 aliphatic carbocycles. The molecule has 0 atom stereocenters. The average molecular weight is 686 g/mol. The topological polar surface area (TPSA) is 84.0 Å². The zero-order valence-corrected chi connectivity index (χ0v) is 30.1. The lowest BCUT2D eigenvalue weighted by atomic mass is 10.2. The first-order chi connectivity index (χ1) is 22.6. The van der Waals surface area contributed by atoms with Gasteiger partial charge in [-0.1, -0.05) is 29.8 Å². The van der Waals surface area contributed by atoms with Gasteiger partial charge in [0.05, 0.1) is 10.6 Å². The van der Waals surface area contributed by atoms with Crippen LogP contribution >= 0.6 is 10.3 Å². The van der Waals surface area contributed by atoms with E-state index in [2.05, 4.69) is 4.98 Å². The van der Waals surface area contributed by atoms with Crippen molar-refractivity contribution in [3.8, 4) is 17.2 Å². The highest BCUT2D eigenvalue weighted by atomic mass is 32.3. The van der Waals surface area contributed by atoms with E-state index in [1.54, 1.807) is 30.5 Å². The lowest BCUT2D eigenvalue weighted by molar-refractivity contribution is 0.130. The summed E-state index contributed by atoms with van der Waals surface area (Å²) in [5.74, 6) is 1.86. The Morgan fingerprint density at radius 2 is 1.12 bits per heavy atom. The molecule has 48 heavy (non-hydrogen) atoms. The van der Waals surface area contributed by atoms with Crippen LogP contribution in [0.15, 0.2) is 141 Å². The molecule has 0 aliphatic rings. The van der Waals surface area contributed by atoms with Gasteiger partial charge in [0.25, 0.3) is 0 Å². The molecule has 0 fully saturated rings. The molecule has 0 N–H and O–H groups in total. The van der Waals surface area contributed by atoms with Gasteiger partial charge in [-0.3, -0.25) is 4.98 Å². The molecule has 1 aromatic heterocycles. The van der Waals surface area contributed by atoms with Crippen molar-refractivity contribution in [3.05, 3.63) is 133 Å². The molecule has 9 heteroatoms. The highest BCUT2D eigenvalue weighted by Crippen LogP contribution is 2.71. The van der Waals surface area contributed by atoms with Gasteiger partial charge >= 0.3 is 10.1 Å². The van der Waals surface area contributed by atoms with Crippen LogP contribution in [0.4, 0.5) is 0 Å². The molecule has 7 nitrogen and oxygen atoms in total. The molecule has 0 aliphatic heterocycles. The second-order valence-corrected chi connectivity index (χ2v) is 17.8. The van der Waals surface area contributed by atoms with E-state index in [0.29, 0.717) is 31.9 Å². The number of ether oxygens (including phenoxy) is 3. The summed E-state index contributed by atoms with van der Waals surface area (Å²) in [4.78, 5) is 6.38. The minimum absolute atomic E-state index is 0.0629. The maximum absolute atomic E-state index is 14.3. The Morgan fingerprint density at radius 3 is 1.62 bits per heavy atom. The van der Waals surface area contributed by atoms with Gasteiger partial charge in [-0.25, -0.2) is 3.63 Å². The fourth-order valence-electron chi connectivity index (χ4n) is 4.89. The molecule has 5 rings (SSSR count). The highest BCUT2D eigenvalue weighted by molar-refractivity contribution is 8.33. The Bertz CT molecular complexity index is 1850. The van der Waals surface area contributed by atoms with Crippen molar-refractivity contribution in [2.24, 2.45) is 0 Å². The standard InChI is InChI=1S/C39H43NO6S2/c1-29-14-20-36(21-15-29)48(41,42)46-47(34-22-16-31(17-23-34)44-38(2,3)4,35-24-18-32(19-25-35)45-39(5,6)7)37-13-10-12-33(27-37)43-28-30-11-8-9-26-40-30/h8-27H,28H2,1-7H3. The van der Waals surface area contributed by atoms with Gasteiger partial charge in [-0.05, 0) is 150 Å². The average Bonchev–Trinajstić information content (AvgIpc) is 3.03. The van der Waals surface area contributed by atoms with Gasteiger partial charge in [0.2, 0.25) is 0 Å². The molecule has 4 aromatic carbocycles. The fraction of sp³-hybridized carbons (Fsp3) is 0.256. The normalized spacial score (nSPS) is 12.7. The van der Waals surface area contributed by atoms with Crippen LogP contribution in [0.2, 0.25) is 0 Å². The molecular formula is C39H43NO6S2. The Morgan fingerprint density at radius 1 is 0.583 bits per heavy atom. The van der Waals surface area contributed by atoms with Crippen molar-refractivity contribution < 1.29 is 26.3 Å². The van der Waals surface area contributed by atoms with Crippen LogP contribution in [0.25, 0.3) is 0 Å². The lowest BCUT2D eigenvalue weighted by Crippen LogP contribution is -2.23. The second kappa shape index (κ2) is 14.0. The molecule has 5 aromatic rings. The summed E-state index contributed by atoms with van der Waals surface area (Å²) in [6, 6.07) is 34.6. The second-order valence-electron chi connectivity index (χ2n) is 13.3. The third-order valence-electron chi connectivity index (χ3n) is 6.91. The summed E-state index contributed by atoms with van der Waals surface area (Å²) in [5.41, 5.74) is 0.871. The number of aromatic nitrogens is 1. The molecule has 0 unspecified atom stereocenters.